The lowest BCUT2D eigenvalue weighted by atomic mass is 9.31. The SMILES string of the molecule is C=C(C)[C@@H]1CC[C@]2(C)CC[C@]3(C)[C@H](CC[C@@H]4[C@@]5(C)C(C(C)=O)C[C@H](O)C(C)(C)[C@@H]5CC[C@]43C)[C@@H]12. The summed E-state index contributed by atoms with van der Waals surface area (Å²) in [6.45, 7) is 23.5. The molecule has 34 heavy (non-hydrogen) atoms. The first-order chi connectivity index (χ1) is 15.6. The Hall–Kier alpha value is -0.630. The molecule has 0 amide bonds. The summed E-state index contributed by atoms with van der Waals surface area (Å²) >= 11 is 0. The van der Waals surface area contributed by atoms with Gasteiger partial charge in [0, 0.05) is 5.92 Å². The molecule has 5 saturated carbocycles. The van der Waals surface area contributed by atoms with Gasteiger partial charge in [0.15, 0.2) is 0 Å². The molecule has 2 heteroatoms. The Labute approximate surface area is 209 Å². The Morgan fingerprint density at radius 3 is 2.12 bits per heavy atom. The van der Waals surface area contributed by atoms with Crippen molar-refractivity contribution in [2.75, 3.05) is 0 Å². The topological polar surface area (TPSA) is 37.3 Å². The van der Waals surface area contributed by atoms with Crippen molar-refractivity contribution in [3.63, 3.8) is 0 Å². The molecule has 0 bridgehead atoms. The maximum Gasteiger partial charge on any atom is 0.133 e. The Morgan fingerprint density at radius 2 is 1.50 bits per heavy atom. The second-order valence-corrected chi connectivity index (χ2v) is 15.4. The number of aliphatic hydroxyl groups is 1. The predicted octanol–water partition coefficient (Wildman–Crippen LogP) is 7.84. The molecule has 0 heterocycles. The Bertz CT molecular complexity index is 887. The minimum atomic E-state index is -0.374. The molecule has 5 fully saturated rings. The summed E-state index contributed by atoms with van der Waals surface area (Å²) in [5.74, 6) is 3.53. The van der Waals surface area contributed by atoms with Crippen molar-refractivity contribution in [1.29, 1.82) is 0 Å². The normalized spacial score (nSPS) is 56.0. The van der Waals surface area contributed by atoms with Crippen LogP contribution in [-0.2, 0) is 4.79 Å². The number of allylic oxidation sites excluding steroid dienone is 1. The van der Waals surface area contributed by atoms with E-state index < -0.39 is 0 Å². The van der Waals surface area contributed by atoms with Crippen LogP contribution in [0.4, 0.5) is 0 Å². The average Bonchev–Trinajstić information content (AvgIpc) is 3.09. The lowest BCUT2D eigenvalue weighted by molar-refractivity contribution is -0.259. The molecule has 1 N–H and O–H groups in total. The molecule has 0 aromatic rings. The molecular weight excluding hydrogens is 416 g/mol. The van der Waals surface area contributed by atoms with Gasteiger partial charge in [0.05, 0.1) is 6.10 Å². The molecular formula is C32H52O2. The maximum absolute atomic E-state index is 13.1. The quantitative estimate of drug-likeness (QED) is 0.419. The van der Waals surface area contributed by atoms with E-state index in [2.05, 4.69) is 55.0 Å². The monoisotopic (exact) mass is 468 g/mol. The first-order valence-corrected chi connectivity index (χ1v) is 14.5. The molecule has 192 valence electrons. The van der Waals surface area contributed by atoms with E-state index in [9.17, 15) is 9.90 Å². The van der Waals surface area contributed by atoms with Crippen molar-refractivity contribution in [3.05, 3.63) is 12.2 Å². The van der Waals surface area contributed by atoms with Crippen LogP contribution in [0, 0.1) is 62.6 Å². The summed E-state index contributed by atoms with van der Waals surface area (Å²) in [6.07, 6.45) is 10.7. The third-order valence-electron chi connectivity index (χ3n) is 14.1. The number of fused-ring (bicyclic) bond motifs is 7. The molecule has 0 radical (unpaired) electrons. The number of Topliss-reactive ketones (excluding diaryl/α,β-unsaturated/α-hetero) is 1. The third-order valence-corrected chi connectivity index (χ3v) is 14.1. The zero-order valence-corrected chi connectivity index (χ0v) is 23.5. The fourth-order valence-corrected chi connectivity index (χ4v) is 12.1. The fraction of sp³-hybridized carbons (Fsp3) is 0.906. The molecule has 1 unspecified atom stereocenters. The molecule has 0 spiro atoms. The minimum absolute atomic E-state index is 0.00574. The van der Waals surface area contributed by atoms with Crippen molar-refractivity contribution in [2.24, 2.45) is 62.6 Å². The number of ketones is 1. The Kier molecular flexibility index (Phi) is 5.49. The van der Waals surface area contributed by atoms with Gasteiger partial charge in [-0.15, -0.1) is 0 Å². The number of aliphatic hydroxyl groups excluding tert-OH is 1. The molecule has 0 aromatic carbocycles. The van der Waals surface area contributed by atoms with Crippen LogP contribution in [0.1, 0.15) is 113 Å². The zero-order valence-electron chi connectivity index (χ0n) is 23.5. The van der Waals surface area contributed by atoms with Gasteiger partial charge in [-0.2, -0.15) is 0 Å². The standard InChI is InChI=1S/C32H52O2/c1-19(2)21-12-14-29(6)16-17-30(7)22(27(21)29)10-11-25-31(30,8)15-13-24-28(4,5)26(34)18-23(20(3)33)32(24,25)9/h21-27,34H,1,10-18H2,2-9H3/t21-,22+,23?,24-,25-,26-,27+,29+,30+,31+,32-/m0/s1. The van der Waals surface area contributed by atoms with E-state index in [4.69, 9.17) is 0 Å². The fourth-order valence-electron chi connectivity index (χ4n) is 12.1. The maximum atomic E-state index is 13.1. The van der Waals surface area contributed by atoms with Crippen LogP contribution < -0.4 is 0 Å². The molecule has 0 aromatic heterocycles. The van der Waals surface area contributed by atoms with Crippen LogP contribution in [0.15, 0.2) is 12.2 Å². The second kappa shape index (κ2) is 7.45. The number of carbonyl (C=O) groups is 1. The van der Waals surface area contributed by atoms with E-state index >= 15 is 0 Å². The third kappa shape index (κ3) is 2.87. The molecule has 0 saturated heterocycles. The van der Waals surface area contributed by atoms with Gasteiger partial charge >= 0.3 is 0 Å². The molecule has 5 aliphatic carbocycles. The highest BCUT2D eigenvalue weighted by Crippen LogP contribution is 2.78. The van der Waals surface area contributed by atoms with E-state index in [1.165, 1.54) is 50.5 Å². The highest BCUT2D eigenvalue weighted by molar-refractivity contribution is 5.79. The van der Waals surface area contributed by atoms with E-state index in [-0.39, 0.29) is 28.3 Å². The van der Waals surface area contributed by atoms with Crippen molar-refractivity contribution in [1.82, 2.24) is 0 Å². The highest BCUT2D eigenvalue weighted by atomic mass is 16.3. The summed E-state index contributed by atoms with van der Waals surface area (Å²) in [4.78, 5) is 13.1. The van der Waals surface area contributed by atoms with Gasteiger partial charge < -0.3 is 5.11 Å². The lowest BCUT2D eigenvalue weighted by Crippen LogP contribution is -2.69. The van der Waals surface area contributed by atoms with Crippen LogP contribution in [0.25, 0.3) is 0 Å². The summed E-state index contributed by atoms with van der Waals surface area (Å²) < 4.78 is 0. The Morgan fingerprint density at radius 1 is 0.824 bits per heavy atom. The van der Waals surface area contributed by atoms with Gasteiger partial charge in [-0.25, -0.2) is 0 Å². The van der Waals surface area contributed by atoms with Crippen molar-refractivity contribution < 1.29 is 9.90 Å². The average molecular weight is 469 g/mol. The largest absolute Gasteiger partial charge is 0.393 e. The van der Waals surface area contributed by atoms with E-state index in [1.54, 1.807) is 6.92 Å². The number of rotatable bonds is 2. The lowest BCUT2D eigenvalue weighted by Gasteiger charge is -2.73. The molecule has 11 atom stereocenters. The smallest absolute Gasteiger partial charge is 0.133 e. The van der Waals surface area contributed by atoms with Crippen molar-refractivity contribution in [3.8, 4) is 0 Å². The van der Waals surface area contributed by atoms with Crippen molar-refractivity contribution in [2.45, 2.75) is 119 Å². The number of hydrogen-bond acceptors (Lipinski definition) is 2. The predicted molar refractivity (Wildman–Crippen MR) is 140 cm³/mol. The minimum Gasteiger partial charge on any atom is -0.393 e. The van der Waals surface area contributed by atoms with Crippen LogP contribution in [0.5, 0.6) is 0 Å². The number of hydrogen-bond donors (Lipinski definition) is 1. The highest BCUT2D eigenvalue weighted by Gasteiger charge is 2.72. The van der Waals surface area contributed by atoms with E-state index in [0.29, 0.717) is 40.8 Å². The first kappa shape index (κ1) is 25.0. The van der Waals surface area contributed by atoms with Gasteiger partial charge in [-0.05, 0) is 128 Å². The zero-order chi connectivity index (χ0) is 25.1. The molecule has 0 aliphatic heterocycles. The summed E-state index contributed by atoms with van der Waals surface area (Å²) in [7, 11) is 0. The summed E-state index contributed by atoms with van der Waals surface area (Å²) in [5, 5.41) is 11.2. The van der Waals surface area contributed by atoms with Gasteiger partial charge in [0.1, 0.15) is 5.78 Å². The summed E-state index contributed by atoms with van der Waals surface area (Å²) in [5.41, 5.74) is 2.35. The van der Waals surface area contributed by atoms with Crippen molar-refractivity contribution >= 4 is 5.78 Å². The van der Waals surface area contributed by atoms with Gasteiger partial charge in [-0.3, -0.25) is 4.79 Å². The molecule has 5 aliphatic rings. The molecule has 2 nitrogen and oxygen atoms in total. The van der Waals surface area contributed by atoms with Gasteiger partial charge in [0.2, 0.25) is 0 Å². The number of carbonyl (C=O) groups excluding carboxylic acids is 1. The molecule has 5 rings (SSSR count). The van der Waals surface area contributed by atoms with Crippen LogP contribution >= 0.6 is 0 Å². The van der Waals surface area contributed by atoms with E-state index in [0.717, 1.165) is 18.3 Å². The van der Waals surface area contributed by atoms with Gasteiger partial charge in [0.25, 0.3) is 0 Å². The van der Waals surface area contributed by atoms with Crippen LogP contribution in [0.2, 0.25) is 0 Å². The summed E-state index contributed by atoms with van der Waals surface area (Å²) in [6, 6.07) is 0. The van der Waals surface area contributed by atoms with Crippen LogP contribution in [0.3, 0.4) is 0 Å². The van der Waals surface area contributed by atoms with E-state index in [1.807, 2.05) is 0 Å². The second-order valence-electron chi connectivity index (χ2n) is 15.4. The van der Waals surface area contributed by atoms with Crippen LogP contribution in [-0.4, -0.2) is 17.0 Å². The van der Waals surface area contributed by atoms with Gasteiger partial charge in [-0.1, -0.05) is 53.7 Å². The Balaban J connectivity index is 1.60. The first-order valence-electron chi connectivity index (χ1n) is 14.5.